The molecule has 1 saturated carbocycles. The predicted octanol–water partition coefficient (Wildman–Crippen LogP) is 3.22. The lowest BCUT2D eigenvalue weighted by Crippen LogP contribution is -2.35. The zero-order chi connectivity index (χ0) is 21.5. The molecule has 3 aromatic rings. The Morgan fingerprint density at radius 1 is 1.32 bits per heavy atom. The molecule has 1 aliphatic heterocycles. The van der Waals surface area contributed by atoms with Gasteiger partial charge in [-0.1, -0.05) is 0 Å². The summed E-state index contributed by atoms with van der Waals surface area (Å²) in [6, 6.07) is 8.32. The highest BCUT2D eigenvalue weighted by atomic mass is 16.5. The van der Waals surface area contributed by atoms with E-state index in [1.165, 1.54) is 6.92 Å². The number of hydrogen-bond acceptors (Lipinski definition) is 7. The Hall–Kier alpha value is -3.33. The molecule has 5 N–H and O–H groups in total. The highest BCUT2D eigenvalue weighted by Gasteiger charge is 2.40. The molecule has 9 nitrogen and oxygen atoms in total. The molecule has 1 unspecified atom stereocenters. The first-order valence-corrected chi connectivity index (χ1v) is 10.7. The fraction of sp³-hybridized carbons (Fsp3) is 0.409. The van der Waals surface area contributed by atoms with E-state index in [0.717, 1.165) is 47.9 Å². The van der Waals surface area contributed by atoms with E-state index in [1.54, 1.807) is 10.7 Å². The monoisotopic (exact) mass is 421 g/mol. The Balaban J connectivity index is 1.61. The number of aromatic nitrogens is 3. The summed E-state index contributed by atoms with van der Waals surface area (Å²) < 4.78 is 7.33. The van der Waals surface area contributed by atoms with Crippen LogP contribution in [-0.4, -0.2) is 39.2 Å². The summed E-state index contributed by atoms with van der Waals surface area (Å²) in [5.74, 6) is 2.59. The van der Waals surface area contributed by atoms with Gasteiger partial charge in [0.2, 0.25) is 5.91 Å². The third kappa shape index (κ3) is 3.54. The number of carbonyl (C=O) groups is 1. The maximum absolute atomic E-state index is 11.7. The highest BCUT2D eigenvalue weighted by molar-refractivity contribution is 5.93. The van der Waals surface area contributed by atoms with E-state index in [0.29, 0.717) is 24.0 Å². The van der Waals surface area contributed by atoms with E-state index >= 15 is 0 Å². The van der Waals surface area contributed by atoms with Gasteiger partial charge in [0.1, 0.15) is 23.1 Å². The van der Waals surface area contributed by atoms with Crippen LogP contribution in [0.15, 0.2) is 30.5 Å². The SMILES string of the molecule is CCOc1ccc(Nc2c3c(nc4c(NC(C)=O)cnn24)N[C@@H]2CC[C@@H](N)CC32)cc1. The molecular formula is C22H27N7O2. The molecule has 1 amide bonds. The topological polar surface area (TPSA) is 119 Å². The lowest BCUT2D eigenvalue weighted by molar-refractivity contribution is -0.114. The van der Waals surface area contributed by atoms with Crippen LogP contribution >= 0.6 is 0 Å². The second kappa shape index (κ2) is 7.73. The molecule has 162 valence electrons. The molecule has 31 heavy (non-hydrogen) atoms. The van der Waals surface area contributed by atoms with Crippen molar-refractivity contribution < 1.29 is 9.53 Å². The van der Waals surface area contributed by atoms with Gasteiger partial charge in [0.15, 0.2) is 5.65 Å². The Labute approximate surface area is 180 Å². The number of fused-ring (bicyclic) bond motifs is 4. The molecular weight excluding hydrogens is 394 g/mol. The van der Waals surface area contributed by atoms with Crippen LogP contribution in [0.2, 0.25) is 0 Å². The number of carbonyl (C=O) groups excluding carboxylic acids is 1. The zero-order valence-electron chi connectivity index (χ0n) is 17.7. The zero-order valence-corrected chi connectivity index (χ0v) is 17.7. The summed E-state index contributed by atoms with van der Waals surface area (Å²) in [5.41, 5.74) is 9.50. The highest BCUT2D eigenvalue weighted by Crippen LogP contribution is 2.47. The van der Waals surface area contributed by atoms with Crippen molar-refractivity contribution in [1.82, 2.24) is 14.6 Å². The van der Waals surface area contributed by atoms with E-state index < -0.39 is 0 Å². The van der Waals surface area contributed by atoms with Gasteiger partial charge >= 0.3 is 0 Å². The van der Waals surface area contributed by atoms with Crippen LogP contribution < -0.4 is 26.4 Å². The molecule has 3 atom stereocenters. The van der Waals surface area contributed by atoms with Gasteiger partial charge in [0.05, 0.1) is 12.8 Å². The van der Waals surface area contributed by atoms with Crippen LogP contribution in [0, 0.1) is 0 Å². The van der Waals surface area contributed by atoms with Crippen LogP contribution in [0.1, 0.15) is 44.6 Å². The number of anilines is 4. The molecule has 2 aliphatic rings. The van der Waals surface area contributed by atoms with Gasteiger partial charge in [-0.3, -0.25) is 4.79 Å². The number of nitrogens with two attached hydrogens (primary N) is 1. The second-order valence-corrected chi connectivity index (χ2v) is 8.21. The molecule has 1 fully saturated rings. The molecule has 1 aromatic carbocycles. The Kier molecular flexibility index (Phi) is 4.90. The van der Waals surface area contributed by atoms with Gasteiger partial charge in [0.25, 0.3) is 0 Å². The van der Waals surface area contributed by atoms with Crippen LogP contribution in [-0.2, 0) is 4.79 Å². The molecule has 0 spiro atoms. The Bertz CT molecular complexity index is 1130. The number of nitrogens with one attached hydrogen (secondary N) is 3. The van der Waals surface area contributed by atoms with Crippen molar-refractivity contribution in [3.05, 3.63) is 36.0 Å². The number of amides is 1. The normalized spacial score (nSPS) is 21.8. The van der Waals surface area contributed by atoms with Crippen LogP contribution in [0.5, 0.6) is 5.75 Å². The number of nitrogens with zero attached hydrogens (tertiary/aromatic N) is 3. The van der Waals surface area contributed by atoms with Crippen LogP contribution in [0.4, 0.5) is 23.0 Å². The minimum Gasteiger partial charge on any atom is -0.494 e. The first-order valence-electron chi connectivity index (χ1n) is 10.7. The van der Waals surface area contributed by atoms with E-state index in [2.05, 4.69) is 21.0 Å². The van der Waals surface area contributed by atoms with Crippen molar-refractivity contribution in [1.29, 1.82) is 0 Å². The van der Waals surface area contributed by atoms with Crippen molar-refractivity contribution in [2.45, 2.75) is 51.1 Å². The Morgan fingerprint density at radius 2 is 2.13 bits per heavy atom. The number of benzene rings is 1. The lowest BCUT2D eigenvalue weighted by Gasteiger charge is -2.30. The first-order chi connectivity index (χ1) is 15.0. The largest absolute Gasteiger partial charge is 0.494 e. The van der Waals surface area contributed by atoms with Crippen LogP contribution in [0.3, 0.4) is 0 Å². The predicted molar refractivity (Wildman–Crippen MR) is 120 cm³/mol. The molecule has 0 bridgehead atoms. The summed E-state index contributed by atoms with van der Waals surface area (Å²) in [7, 11) is 0. The van der Waals surface area contributed by atoms with Crippen molar-refractivity contribution in [3.63, 3.8) is 0 Å². The number of rotatable bonds is 5. The third-order valence-electron chi connectivity index (χ3n) is 6.01. The average Bonchev–Trinajstić information content (AvgIpc) is 3.30. The Morgan fingerprint density at radius 3 is 2.87 bits per heavy atom. The molecule has 5 rings (SSSR count). The fourth-order valence-corrected chi connectivity index (χ4v) is 4.67. The smallest absolute Gasteiger partial charge is 0.221 e. The van der Waals surface area contributed by atoms with Gasteiger partial charge in [-0.05, 0) is 50.5 Å². The second-order valence-electron chi connectivity index (χ2n) is 8.21. The average molecular weight is 422 g/mol. The minimum atomic E-state index is -0.161. The summed E-state index contributed by atoms with van der Waals surface area (Å²) in [6.07, 6.45) is 4.53. The standard InChI is InChI=1S/C22H27N7O2/c1-3-31-15-7-5-14(6-8-15)26-22-19-16-10-13(23)4-9-17(16)27-20(19)28-21-18(25-12(2)30)11-24-29(21)22/h5-8,11,13,16-17,26H,3-4,9-10,23H2,1-2H3,(H,25,30)(H,27,28)/t13-,16?,17-/m1/s1. The van der Waals surface area contributed by atoms with E-state index in [-0.39, 0.29) is 17.9 Å². The maximum Gasteiger partial charge on any atom is 0.221 e. The lowest BCUT2D eigenvalue weighted by atomic mass is 9.80. The van der Waals surface area contributed by atoms with Gasteiger partial charge < -0.3 is 26.4 Å². The van der Waals surface area contributed by atoms with Crippen molar-refractivity contribution in [2.75, 3.05) is 22.6 Å². The number of ether oxygens (including phenoxy) is 1. The van der Waals surface area contributed by atoms with Gasteiger partial charge in [-0.2, -0.15) is 9.61 Å². The van der Waals surface area contributed by atoms with Crippen molar-refractivity contribution in [2.24, 2.45) is 5.73 Å². The molecule has 1 aliphatic carbocycles. The fourth-order valence-electron chi connectivity index (χ4n) is 4.67. The van der Waals surface area contributed by atoms with Crippen molar-refractivity contribution in [3.8, 4) is 5.75 Å². The minimum absolute atomic E-state index is 0.161. The summed E-state index contributed by atoms with van der Waals surface area (Å²) >= 11 is 0. The third-order valence-corrected chi connectivity index (χ3v) is 6.01. The van der Waals surface area contributed by atoms with E-state index in [1.807, 2.05) is 31.2 Å². The summed E-state index contributed by atoms with van der Waals surface area (Å²) in [6.45, 7) is 4.06. The maximum atomic E-state index is 11.7. The molecule has 2 aromatic heterocycles. The summed E-state index contributed by atoms with van der Waals surface area (Å²) in [5, 5.41) is 14.5. The van der Waals surface area contributed by atoms with Gasteiger partial charge in [-0.15, -0.1) is 0 Å². The van der Waals surface area contributed by atoms with E-state index in [4.69, 9.17) is 15.5 Å². The van der Waals surface area contributed by atoms with Crippen LogP contribution in [0.25, 0.3) is 5.65 Å². The molecule has 0 radical (unpaired) electrons. The van der Waals surface area contributed by atoms with Gasteiger partial charge in [0, 0.05) is 36.2 Å². The molecule has 9 heteroatoms. The molecule has 3 heterocycles. The quantitative estimate of drug-likeness (QED) is 0.499. The first kappa shape index (κ1) is 19.6. The van der Waals surface area contributed by atoms with Crippen molar-refractivity contribution >= 4 is 34.6 Å². The molecule has 0 saturated heterocycles. The number of hydrogen-bond donors (Lipinski definition) is 4. The summed E-state index contributed by atoms with van der Waals surface area (Å²) in [4.78, 5) is 16.5. The van der Waals surface area contributed by atoms with E-state index in [9.17, 15) is 4.79 Å². The van der Waals surface area contributed by atoms with Gasteiger partial charge in [-0.25, -0.2) is 4.98 Å².